The van der Waals surface area contributed by atoms with Crippen LogP contribution in [0.25, 0.3) is 0 Å². The molecule has 0 radical (unpaired) electrons. The topological polar surface area (TPSA) is 49.3 Å². The largest absolute Gasteiger partial charge is 0.507 e. The van der Waals surface area contributed by atoms with Gasteiger partial charge in [0.15, 0.2) is 0 Å². The van der Waals surface area contributed by atoms with Gasteiger partial charge in [-0.05, 0) is 41.1 Å². The van der Waals surface area contributed by atoms with Crippen LogP contribution < -0.4 is 5.32 Å². The fourth-order valence-electron chi connectivity index (χ4n) is 0.969. The third-order valence-electron chi connectivity index (χ3n) is 1.72. The van der Waals surface area contributed by atoms with Crippen LogP contribution in [0.1, 0.15) is 17.3 Å². The molecule has 4 heteroatoms. The molecule has 3 nitrogen and oxygen atoms in total. The number of rotatable bonds is 2. The molecule has 78 valence electrons. The van der Waals surface area contributed by atoms with Crippen molar-refractivity contribution in [2.24, 2.45) is 0 Å². The van der Waals surface area contributed by atoms with Gasteiger partial charge in [0.1, 0.15) is 5.75 Å². The van der Waals surface area contributed by atoms with E-state index in [2.05, 4.69) is 33.1 Å². The Kier molecular flexibility index (Phi) is 4.19. The number of aromatic hydroxyl groups is 1. The van der Waals surface area contributed by atoms with Crippen LogP contribution in [0.4, 0.5) is 0 Å². The van der Waals surface area contributed by atoms with Crippen molar-refractivity contribution in [1.29, 1.82) is 0 Å². The number of phenolic OH excluding ortho intramolecular Hbond substituents is 1. The van der Waals surface area contributed by atoms with Gasteiger partial charge < -0.3 is 10.4 Å². The maximum atomic E-state index is 11.5. The first-order valence-electron chi connectivity index (χ1n) is 4.31. The first-order chi connectivity index (χ1) is 7.15. The van der Waals surface area contributed by atoms with E-state index >= 15 is 0 Å². The highest BCUT2D eigenvalue weighted by molar-refractivity contribution is 9.10. The van der Waals surface area contributed by atoms with E-state index in [9.17, 15) is 9.90 Å². The maximum Gasteiger partial charge on any atom is 0.252 e. The average molecular weight is 268 g/mol. The van der Waals surface area contributed by atoms with Gasteiger partial charge in [-0.15, -0.1) is 5.92 Å². The minimum Gasteiger partial charge on any atom is -0.507 e. The number of benzene rings is 1. The lowest BCUT2D eigenvalue weighted by Crippen LogP contribution is -2.23. The molecule has 0 aliphatic heterocycles. The lowest BCUT2D eigenvalue weighted by molar-refractivity contribution is 0.0958. The molecular weight excluding hydrogens is 258 g/mol. The van der Waals surface area contributed by atoms with Gasteiger partial charge in [0.25, 0.3) is 5.91 Å². The summed E-state index contributed by atoms with van der Waals surface area (Å²) in [6.45, 7) is 2.02. The minimum atomic E-state index is -0.249. The van der Waals surface area contributed by atoms with E-state index in [0.717, 1.165) is 0 Å². The summed E-state index contributed by atoms with van der Waals surface area (Å²) < 4.78 is 0.562. The number of phenols is 1. The lowest BCUT2D eigenvalue weighted by Gasteiger charge is -2.03. The van der Waals surface area contributed by atoms with E-state index in [1.165, 1.54) is 6.07 Å². The van der Waals surface area contributed by atoms with Crippen LogP contribution in [0.15, 0.2) is 22.7 Å². The molecule has 0 aromatic heterocycles. The number of nitrogens with one attached hydrogen (secondary N) is 1. The zero-order chi connectivity index (χ0) is 11.3. The highest BCUT2D eigenvalue weighted by Crippen LogP contribution is 2.24. The van der Waals surface area contributed by atoms with Crippen LogP contribution >= 0.6 is 15.9 Å². The average Bonchev–Trinajstić information content (AvgIpc) is 2.22. The summed E-state index contributed by atoms with van der Waals surface area (Å²) in [4.78, 5) is 11.5. The van der Waals surface area contributed by atoms with Crippen molar-refractivity contribution in [3.63, 3.8) is 0 Å². The Labute approximate surface area is 96.6 Å². The summed E-state index contributed by atoms with van der Waals surface area (Å²) in [6, 6.07) is 4.65. The van der Waals surface area contributed by atoms with Crippen molar-refractivity contribution in [2.45, 2.75) is 6.92 Å². The molecule has 0 spiro atoms. The Balaban J connectivity index is 2.72. The predicted octanol–water partition coefficient (Wildman–Crippen LogP) is 1.91. The van der Waals surface area contributed by atoms with Crippen LogP contribution in [0.3, 0.4) is 0 Å². The van der Waals surface area contributed by atoms with Crippen molar-refractivity contribution in [2.75, 3.05) is 6.54 Å². The number of carbonyl (C=O) groups is 1. The van der Waals surface area contributed by atoms with Gasteiger partial charge in [-0.1, -0.05) is 5.92 Å². The third-order valence-corrected chi connectivity index (χ3v) is 2.39. The molecule has 1 rings (SSSR count). The molecule has 0 saturated carbocycles. The number of amides is 1. The van der Waals surface area contributed by atoms with E-state index in [0.29, 0.717) is 16.6 Å². The van der Waals surface area contributed by atoms with E-state index < -0.39 is 0 Å². The zero-order valence-electron chi connectivity index (χ0n) is 8.17. The molecule has 15 heavy (non-hydrogen) atoms. The Morgan fingerprint density at radius 3 is 2.93 bits per heavy atom. The third kappa shape index (κ3) is 3.30. The second-order valence-corrected chi connectivity index (χ2v) is 3.63. The Hall–Kier alpha value is -1.47. The van der Waals surface area contributed by atoms with E-state index in [1.54, 1.807) is 19.1 Å². The zero-order valence-corrected chi connectivity index (χ0v) is 9.76. The van der Waals surface area contributed by atoms with Crippen molar-refractivity contribution in [3.05, 3.63) is 28.2 Å². The monoisotopic (exact) mass is 267 g/mol. The van der Waals surface area contributed by atoms with Gasteiger partial charge in [-0.3, -0.25) is 4.79 Å². The van der Waals surface area contributed by atoms with Crippen LogP contribution in [0, 0.1) is 11.8 Å². The first kappa shape index (κ1) is 11.6. The normalized spacial score (nSPS) is 8.93. The van der Waals surface area contributed by atoms with E-state index in [1.807, 2.05) is 0 Å². The molecule has 1 aromatic carbocycles. The molecule has 0 unspecified atom stereocenters. The molecular formula is C11H10BrNO2. The first-order valence-corrected chi connectivity index (χ1v) is 5.10. The molecule has 0 aliphatic carbocycles. The van der Waals surface area contributed by atoms with Gasteiger partial charge in [0.2, 0.25) is 0 Å². The molecule has 0 bridgehead atoms. The van der Waals surface area contributed by atoms with E-state index in [4.69, 9.17) is 0 Å². The summed E-state index contributed by atoms with van der Waals surface area (Å²) in [5, 5.41) is 12.0. The molecule has 0 aliphatic rings. The fraction of sp³-hybridized carbons (Fsp3) is 0.182. The summed E-state index contributed by atoms with van der Waals surface area (Å²) in [6.07, 6.45) is 0. The van der Waals surface area contributed by atoms with Gasteiger partial charge in [0.05, 0.1) is 11.0 Å². The van der Waals surface area contributed by atoms with Crippen LogP contribution in [0.5, 0.6) is 5.75 Å². The quantitative estimate of drug-likeness (QED) is 0.805. The fourth-order valence-corrected chi connectivity index (χ4v) is 1.22. The Morgan fingerprint density at radius 1 is 1.60 bits per heavy atom. The van der Waals surface area contributed by atoms with Crippen LogP contribution in [0.2, 0.25) is 0 Å². The maximum absolute atomic E-state index is 11.5. The highest BCUT2D eigenvalue weighted by atomic mass is 79.9. The van der Waals surface area contributed by atoms with Crippen LogP contribution in [-0.4, -0.2) is 17.6 Å². The van der Waals surface area contributed by atoms with Gasteiger partial charge in [0, 0.05) is 5.56 Å². The van der Waals surface area contributed by atoms with Crippen molar-refractivity contribution < 1.29 is 9.90 Å². The smallest absolute Gasteiger partial charge is 0.252 e. The summed E-state index contributed by atoms with van der Waals surface area (Å²) >= 11 is 3.14. The summed E-state index contributed by atoms with van der Waals surface area (Å²) in [5.41, 5.74) is 0.411. The Morgan fingerprint density at radius 2 is 2.33 bits per heavy atom. The van der Waals surface area contributed by atoms with Crippen molar-refractivity contribution in [1.82, 2.24) is 5.32 Å². The van der Waals surface area contributed by atoms with Crippen molar-refractivity contribution >= 4 is 21.8 Å². The van der Waals surface area contributed by atoms with Gasteiger partial charge in [-0.2, -0.15) is 0 Å². The molecule has 2 N–H and O–H groups in total. The number of carbonyl (C=O) groups excluding carboxylic acids is 1. The van der Waals surface area contributed by atoms with Crippen LogP contribution in [-0.2, 0) is 0 Å². The van der Waals surface area contributed by atoms with E-state index in [-0.39, 0.29) is 11.7 Å². The van der Waals surface area contributed by atoms with Gasteiger partial charge in [-0.25, -0.2) is 0 Å². The minimum absolute atomic E-state index is 0.0456. The number of halogens is 1. The lowest BCUT2D eigenvalue weighted by atomic mass is 10.2. The highest BCUT2D eigenvalue weighted by Gasteiger charge is 2.06. The molecule has 1 aromatic rings. The summed E-state index contributed by atoms with van der Waals surface area (Å²) in [5.74, 6) is 5.19. The molecule has 0 heterocycles. The molecule has 0 fully saturated rings. The standard InChI is InChI=1S/C11H10BrNO2/c1-2-3-6-13-11(15)8-4-5-9(12)10(14)7-8/h4-5,7,14H,6H2,1H3,(H,13,15). The molecule has 1 amide bonds. The number of hydrogen-bond donors (Lipinski definition) is 2. The molecule has 0 atom stereocenters. The second-order valence-electron chi connectivity index (χ2n) is 2.78. The Bertz CT molecular complexity index is 432. The van der Waals surface area contributed by atoms with Gasteiger partial charge >= 0.3 is 0 Å². The predicted molar refractivity (Wildman–Crippen MR) is 61.6 cm³/mol. The number of hydrogen-bond acceptors (Lipinski definition) is 2. The van der Waals surface area contributed by atoms with Crippen molar-refractivity contribution in [3.8, 4) is 17.6 Å². The molecule has 0 saturated heterocycles. The summed E-state index contributed by atoms with van der Waals surface area (Å²) in [7, 11) is 0. The second kappa shape index (κ2) is 5.42. The SMILES string of the molecule is CC#CCNC(=O)c1ccc(Br)c(O)c1.